The van der Waals surface area contributed by atoms with E-state index in [0.29, 0.717) is 45.3 Å². The highest BCUT2D eigenvalue weighted by Crippen LogP contribution is 2.26. The summed E-state index contributed by atoms with van der Waals surface area (Å²) in [5, 5.41) is 12.5. The average Bonchev–Trinajstić information content (AvgIpc) is 3.29. The largest absolute Gasteiger partial charge is 0.481 e. The molecule has 2 unspecified atom stereocenters. The van der Waals surface area contributed by atoms with E-state index in [-0.39, 0.29) is 12.0 Å². The van der Waals surface area contributed by atoms with E-state index in [1.165, 1.54) is 11.7 Å². The first-order valence-electron chi connectivity index (χ1n) is 12.3. The van der Waals surface area contributed by atoms with Crippen LogP contribution in [0.1, 0.15) is 59.8 Å². The quantitative estimate of drug-likeness (QED) is 0.290. The summed E-state index contributed by atoms with van der Waals surface area (Å²) in [6.07, 6.45) is 3.11. The molecule has 0 bridgehead atoms. The molecule has 1 aliphatic heterocycles. The van der Waals surface area contributed by atoms with Crippen molar-refractivity contribution in [3.8, 4) is 5.88 Å². The summed E-state index contributed by atoms with van der Waals surface area (Å²) < 4.78 is 31.9. The van der Waals surface area contributed by atoms with Gasteiger partial charge in [0.15, 0.2) is 0 Å². The average molecular weight is 503 g/mol. The molecule has 1 fully saturated rings. The molecule has 0 aliphatic carbocycles. The zero-order valence-corrected chi connectivity index (χ0v) is 22.0. The predicted molar refractivity (Wildman–Crippen MR) is 132 cm³/mol. The standard InChI is InChI=1S/C23H42N4O6S/c1-5-22(3,8-14-32-23(4,6-2)18-19(28)29)33-15-10-24-9-7-13-31-21-20(25-34-26-21)27-11-16-30-17-12-27/h24H,5-18H2,1-4H3,(H,28,29). The minimum atomic E-state index is -0.837. The molecule has 34 heavy (non-hydrogen) atoms. The van der Waals surface area contributed by atoms with Gasteiger partial charge in [-0.3, -0.25) is 4.79 Å². The van der Waals surface area contributed by atoms with E-state index in [0.717, 1.165) is 51.3 Å². The second-order valence-electron chi connectivity index (χ2n) is 9.07. The van der Waals surface area contributed by atoms with Crippen molar-refractivity contribution in [2.24, 2.45) is 0 Å². The predicted octanol–water partition coefficient (Wildman–Crippen LogP) is 2.97. The number of carboxylic acid groups (broad SMARTS) is 1. The molecule has 1 aromatic heterocycles. The summed E-state index contributed by atoms with van der Waals surface area (Å²) in [6, 6.07) is 0. The van der Waals surface area contributed by atoms with Crippen molar-refractivity contribution in [2.45, 2.75) is 71.0 Å². The second kappa shape index (κ2) is 14.8. The van der Waals surface area contributed by atoms with E-state index in [1.54, 1.807) is 0 Å². The monoisotopic (exact) mass is 502 g/mol. The van der Waals surface area contributed by atoms with Gasteiger partial charge in [0, 0.05) is 19.6 Å². The van der Waals surface area contributed by atoms with Gasteiger partial charge >= 0.3 is 5.97 Å². The van der Waals surface area contributed by atoms with Crippen molar-refractivity contribution in [1.82, 2.24) is 14.1 Å². The highest BCUT2D eigenvalue weighted by atomic mass is 32.1. The van der Waals surface area contributed by atoms with E-state index in [4.69, 9.17) is 24.1 Å². The van der Waals surface area contributed by atoms with Gasteiger partial charge in [0.25, 0.3) is 5.88 Å². The Labute approximate surface area is 207 Å². The number of anilines is 1. The zero-order chi connectivity index (χ0) is 24.9. The van der Waals surface area contributed by atoms with Crippen molar-refractivity contribution in [3.05, 3.63) is 0 Å². The van der Waals surface area contributed by atoms with Crippen LogP contribution in [0.25, 0.3) is 0 Å². The maximum Gasteiger partial charge on any atom is 0.306 e. The molecule has 10 nitrogen and oxygen atoms in total. The Morgan fingerprint density at radius 2 is 1.79 bits per heavy atom. The fraction of sp³-hybridized carbons (Fsp3) is 0.870. The first-order valence-corrected chi connectivity index (χ1v) is 13.0. The SMILES string of the molecule is CCC(C)(CCOC(C)(CC)CC(=O)O)OCCNCCCOc1nsnc1N1CCOCC1. The van der Waals surface area contributed by atoms with Crippen LogP contribution in [0.3, 0.4) is 0 Å². The molecule has 0 saturated carbocycles. The van der Waals surface area contributed by atoms with Crippen molar-refractivity contribution in [2.75, 3.05) is 64.1 Å². The fourth-order valence-electron chi connectivity index (χ4n) is 3.56. The number of morpholine rings is 1. The summed E-state index contributed by atoms with van der Waals surface area (Å²) >= 11 is 1.17. The molecule has 2 rings (SSSR count). The number of nitrogens with one attached hydrogen (secondary N) is 1. The summed E-state index contributed by atoms with van der Waals surface area (Å²) in [6.45, 7) is 14.2. The molecule has 1 aromatic rings. The third-order valence-corrected chi connectivity index (χ3v) is 6.82. The van der Waals surface area contributed by atoms with Gasteiger partial charge < -0.3 is 34.3 Å². The Morgan fingerprint density at radius 1 is 1.09 bits per heavy atom. The van der Waals surface area contributed by atoms with Crippen LogP contribution in [0.15, 0.2) is 0 Å². The maximum atomic E-state index is 11.1. The van der Waals surface area contributed by atoms with Gasteiger partial charge in [-0.2, -0.15) is 4.37 Å². The summed E-state index contributed by atoms with van der Waals surface area (Å²) in [4.78, 5) is 13.2. The molecule has 2 heterocycles. The topological polar surface area (TPSA) is 115 Å². The van der Waals surface area contributed by atoms with Gasteiger partial charge in [-0.25, -0.2) is 0 Å². The molecule has 11 heteroatoms. The summed E-state index contributed by atoms with van der Waals surface area (Å²) in [5.41, 5.74) is -0.933. The number of aromatic nitrogens is 2. The Hall–Kier alpha value is -1.53. The molecule has 1 aliphatic rings. The molecule has 2 atom stereocenters. The first kappa shape index (κ1) is 28.7. The number of hydrogen-bond donors (Lipinski definition) is 2. The number of ether oxygens (including phenoxy) is 4. The molecular formula is C23H42N4O6S. The lowest BCUT2D eigenvalue weighted by atomic mass is 9.97. The smallest absolute Gasteiger partial charge is 0.306 e. The van der Waals surface area contributed by atoms with Crippen molar-refractivity contribution in [3.63, 3.8) is 0 Å². The molecule has 0 spiro atoms. The number of nitrogens with zero attached hydrogens (tertiary/aromatic N) is 3. The zero-order valence-electron chi connectivity index (χ0n) is 21.1. The van der Waals surface area contributed by atoms with Crippen LogP contribution in [0.2, 0.25) is 0 Å². The number of rotatable bonds is 18. The molecule has 0 radical (unpaired) electrons. The van der Waals surface area contributed by atoms with E-state index in [2.05, 4.69) is 32.8 Å². The van der Waals surface area contributed by atoms with Crippen molar-refractivity contribution in [1.29, 1.82) is 0 Å². The van der Waals surface area contributed by atoms with Crippen LogP contribution < -0.4 is 15.0 Å². The van der Waals surface area contributed by atoms with Gasteiger partial charge in [0.05, 0.1) is 62.4 Å². The molecule has 0 aromatic carbocycles. The Balaban J connectivity index is 1.57. The Morgan fingerprint density at radius 3 is 2.47 bits per heavy atom. The molecule has 0 amide bonds. The Bertz CT molecular complexity index is 717. The summed E-state index contributed by atoms with van der Waals surface area (Å²) in [7, 11) is 0. The normalized spacial score (nSPS) is 17.8. The number of carboxylic acids is 1. The van der Waals surface area contributed by atoms with Crippen LogP contribution in [-0.4, -0.2) is 90.2 Å². The number of carbonyl (C=O) groups is 1. The third kappa shape index (κ3) is 9.99. The molecule has 196 valence electrons. The van der Waals surface area contributed by atoms with Crippen LogP contribution >= 0.6 is 11.7 Å². The lowest BCUT2D eigenvalue weighted by molar-refractivity contribution is -0.146. The highest BCUT2D eigenvalue weighted by molar-refractivity contribution is 6.99. The maximum absolute atomic E-state index is 11.1. The fourth-order valence-corrected chi connectivity index (χ4v) is 4.08. The van der Waals surface area contributed by atoms with Crippen LogP contribution in [0, 0.1) is 0 Å². The van der Waals surface area contributed by atoms with Crippen LogP contribution in [0.5, 0.6) is 5.88 Å². The molecule has 1 saturated heterocycles. The Kier molecular flexibility index (Phi) is 12.5. The van der Waals surface area contributed by atoms with Gasteiger partial charge in [-0.05, 0) is 46.1 Å². The molecular weight excluding hydrogens is 460 g/mol. The van der Waals surface area contributed by atoms with Gasteiger partial charge in [0.1, 0.15) is 0 Å². The van der Waals surface area contributed by atoms with E-state index >= 15 is 0 Å². The second-order valence-corrected chi connectivity index (χ2v) is 9.60. The third-order valence-electron chi connectivity index (χ3n) is 6.32. The molecule has 2 N–H and O–H groups in total. The van der Waals surface area contributed by atoms with Crippen molar-refractivity contribution >= 4 is 23.5 Å². The summed E-state index contributed by atoms with van der Waals surface area (Å²) in [5.74, 6) is 0.592. The van der Waals surface area contributed by atoms with E-state index < -0.39 is 11.6 Å². The lowest BCUT2D eigenvalue weighted by Gasteiger charge is -2.32. The van der Waals surface area contributed by atoms with E-state index in [1.807, 2.05) is 13.8 Å². The van der Waals surface area contributed by atoms with Gasteiger partial charge in [-0.15, -0.1) is 4.37 Å². The van der Waals surface area contributed by atoms with Crippen LogP contribution in [0.4, 0.5) is 5.82 Å². The number of hydrogen-bond acceptors (Lipinski definition) is 10. The van der Waals surface area contributed by atoms with Gasteiger partial charge in [0.2, 0.25) is 5.82 Å². The first-order chi connectivity index (χ1) is 16.3. The minimum Gasteiger partial charge on any atom is -0.481 e. The highest BCUT2D eigenvalue weighted by Gasteiger charge is 2.29. The van der Waals surface area contributed by atoms with Gasteiger partial charge in [-0.1, -0.05) is 13.8 Å². The lowest BCUT2D eigenvalue weighted by Crippen LogP contribution is -2.36. The van der Waals surface area contributed by atoms with E-state index in [9.17, 15) is 4.79 Å². The van der Waals surface area contributed by atoms with Crippen LogP contribution in [-0.2, 0) is 19.0 Å². The number of aliphatic carboxylic acids is 1. The van der Waals surface area contributed by atoms with Crippen molar-refractivity contribution < 1.29 is 28.8 Å². The minimum absolute atomic E-state index is 0.00828.